The summed E-state index contributed by atoms with van der Waals surface area (Å²) in [5.41, 5.74) is -0.546. The van der Waals surface area contributed by atoms with E-state index in [1.54, 1.807) is 0 Å². The van der Waals surface area contributed by atoms with Crippen molar-refractivity contribution in [2.45, 2.75) is 56.8 Å². The number of nitrogens with one attached hydrogen (secondary N) is 1. The fourth-order valence-corrected chi connectivity index (χ4v) is 4.18. The molecule has 1 saturated carbocycles. The van der Waals surface area contributed by atoms with E-state index in [4.69, 9.17) is 4.99 Å². The number of thioether (sulfide) groups is 1. The lowest BCUT2D eigenvalue weighted by Crippen LogP contribution is -2.48. The average molecular weight is 299 g/mol. The molecule has 1 heterocycles. The van der Waals surface area contributed by atoms with Crippen LogP contribution >= 0.6 is 11.8 Å². The van der Waals surface area contributed by atoms with E-state index < -0.39 is 5.60 Å². The molecule has 2 fully saturated rings. The number of rotatable bonds is 4. The molecule has 0 spiro atoms. The van der Waals surface area contributed by atoms with Gasteiger partial charge in [0.25, 0.3) is 0 Å². The number of aliphatic imine (C=N–C) groups is 1. The zero-order valence-electron chi connectivity index (χ0n) is 12.9. The van der Waals surface area contributed by atoms with Crippen molar-refractivity contribution in [3.8, 4) is 0 Å². The van der Waals surface area contributed by atoms with Gasteiger partial charge in [-0.1, -0.05) is 19.8 Å². The molecule has 0 radical (unpaired) electrons. The molecule has 4 nitrogen and oxygen atoms in total. The first kappa shape index (κ1) is 16.0. The van der Waals surface area contributed by atoms with Crippen LogP contribution < -0.4 is 5.32 Å². The van der Waals surface area contributed by atoms with Crippen molar-refractivity contribution in [2.24, 2.45) is 4.99 Å². The number of aliphatic hydroxyl groups is 1. The largest absolute Gasteiger partial charge is 0.388 e. The van der Waals surface area contributed by atoms with Crippen LogP contribution in [0.1, 0.15) is 46.0 Å². The van der Waals surface area contributed by atoms with Crippen molar-refractivity contribution < 1.29 is 5.11 Å². The van der Waals surface area contributed by atoms with E-state index in [0.717, 1.165) is 51.3 Å². The van der Waals surface area contributed by atoms with E-state index >= 15 is 0 Å². The maximum Gasteiger partial charge on any atom is 0.194 e. The molecule has 1 unspecified atom stereocenters. The summed E-state index contributed by atoms with van der Waals surface area (Å²) in [4.78, 5) is 7.10. The van der Waals surface area contributed by atoms with Gasteiger partial charge in [0.1, 0.15) is 0 Å². The Hall–Kier alpha value is -0.420. The summed E-state index contributed by atoms with van der Waals surface area (Å²) >= 11 is 2.07. The van der Waals surface area contributed by atoms with Crippen LogP contribution in [-0.4, -0.2) is 58.7 Å². The van der Waals surface area contributed by atoms with Gasteiger partial charge >= 0.3 is 0 Å². The topological polar surface area (TPSA) is 47.9 Å². The molecule has 1 aliphatic carbocycles. The normalized spacial score (nSPS) is 26.9. The molecule has 1 saturated heterocycles. The Balaban J connectivity index is 1.97. The fourth-order valence-electron chi connectivity index (χ4n) is 3.00. The minimum atomic E-state index is -0.546. The first-order valence-corrected chi connectivity index (χ1v) is 9.09. The molecule has 0 bridgehead atoms. The first-order chi connectivity index (χ1) is 9.67. The number of nitrogens with zero attached hydrogens (tertiary/aromatic N) is 2. The van der Waals surface area contributed by atoms with Gasteiger partial charge in [0, 0.05) is 30.6 Å². The van der Waals surface area contributed by atoms with Crippen LogP contribution in [0.5, 0.6) is 0 Å². The quantitative estimate of drug-likeness (QED) is 0.616. The average Bonchev–Trinajstić information content (AvgIpc) is 2.90. The Bertz CT molecular complexity index is 329. The second-order valence-electron chi connectivity index (χ2n) is 5.95. The second-order valence-corrected chi connectivity index (χ2v) is 7.36. The summed E-state index contributed by atoms with van der Waals surface area (Å²) < 4.78 is 0. The van der Waals surface area contributed by atoms with Crippen LogP contribution in [0.2, 0.25) is 0 Å². The molecule has 2 rings (SSSR count). The molecule has 20 heavy (non-hydrogen) atoms. The Labute approximate surface area is 127 Å². The van der Waals surface area contributed by atoms with E-state index in [-0.39, 0.29) is 0 Å². The number of hydrogen-bond donors (Lipinski definition) is 2. The standard InChI is InChI=1S/C15H29N3OS/c1-3-13-11-18(9-10-20-13)14(16-4-2)17-12-15(19)7-5-6-8-15/h13,19H,3-12H2,1-2H3,(H,16,17). The second kappa shape index (κ2) is 7.55. The van der Waals surface area contributed by atoms with Crippen molar-refractivity contribution in [1.29, 1.82) is 0 Å². The van der Waals surface area contributed by atoms with E-state index in [0.29, 0.717) is 11.8 Å². The van der Waals surface area contributed by atoms with Gasteiger partial charge in [0.05, 0.1) is 12.1 Å². The maximum absolute atomic E-state index is 10.4. The molecule has 2 N–H and O–H groups in total. The molecule has 1 aliphatic heterocycles. The summed E-state index contributed by atoms with van der Waals surface area (Å²) in [5.74, 6) is 2.17. The van der Waals surface area contributed by atoms with Gasteiger partial charge in [-0.25, -0.2) is 0 Å². The minimum absolute atomic E-state index is 0.546. The van der Waals surface area contributed by atoms with E-state index in [2.05, 4.69) is 35.8 Å². The lowest BCUT2D eigenvalue weighted by molar-refractivity contribution is 0.0571. The van der Waals surface area contributed by atoms with Crippen LogP contribution in [0.15, 0.2) is 4.99 Å². The van der Waals surface area contributed by atoms with E-state index in [1.807, 2.05) is 0 Å². The Morgan fingerprint density at radius 1 is 1.40 bits per heavy atom. The minimum Gasteiger partial charge on any atom is -0.388 e. The Morgan fingerprint density at radius 3 is 2.80 bits per heavy atom. The lowest BCUT2D eigenvalue weighted by Gasteiger charge is -2.34. The van der Waals surface area contributed by atoms with Gasteiger partial charge in [0.15, 0.2) is 5.96 Å². The molecule has 1 atom stereocenters. The smallest absolute Gasteiger partial charge is 0.194 e. The summed E-state index contributed by atoms with van der Waals surface area (Å²) in [6.07, 6.45) is 5.30. The molecule has 2 aliphatic rings. The molecule has 0 aromatic carbocycles. The summed E-state index contributed by atoms with van der Waals surface area (Å²) in [7, 11) is 0. The Morgan fingerprint density at radius 2 is 2.15 bits per heavy atom. The maximum atomic E-state index is 10.4. The zero-order valence-corrected chi connectivity index (χ0v) is 13.7. The third-order valence-corrected chi connectivity index (χ3v) is 5.66. The van der Waals surface area contributed by atoms with Gasteiger partial charge in [0.2, 0.25) is 0 Å². The van der Waals surface area contributed by atoms with Gasteiger partial charge in [-0.3, -0.25) is 4.99 Å². The monoisotopic (exact) mass is 299 g/mol. The van der Waals surface area contributed by atoms with Crippen molar-refractivity contribution >= 4 is 17.7 Å². The van der Waals surface area contributed by atoms with Crippen LogP contribution in [0, 0.1) is 0 Å². The summed E-state index contributed by atoms with van der Waals surface area (Å²) in [5, 5.41) is 14.6. The van der Waals surface area contributed by atoms with E-state index in [9.17, 15) is 5.11 Å². The highest BCUT2D eigenvalue weighted by molar-refractivity contribution is 8.00. The summed E-state index contributed by atoms with van der Waals surface area (Å²) in [6.45, 7) is 7.94. The predicted octanol–water partition coefficient (Wildman–Crippen LogP) is 2.08. The molecule has 5 heteroatoms. The molecule has 0 amide bonds. The van der Waals surface area contributed by atoms with Crippen molar-refractivity contribution in [1.82, 2.24) is 10.2 Å². The van der Waals surface area contributed by atoms with Crippen LogP contribution in [0.4, 0.5) is 0 Å². The van der Waals surface area contributed by atoms with Gasteiger partial charge in [-0.05, 0) is 26.2 Å². The third kappa shape index (κ3) is 4.29. The van der Waals surface area contributed by atoms with Crippen molar-refractivity contribution in [3.05, 3.63) is 0 Å². The fraction of sp³-hybridized carbons (Fsp3) is 0.933. The van der Waals surface area contributed by atoms with Gasteiger partial charge in [-0.2, -0.15) is 11.8 Å². The predicted molar refractivity (Wildman–Crippen MR) is 87.5 cm³/mol. The highest BCUT2D eigenvalue weighted by Crippen LogP contribution is 2.29. The van der Waals surface area contributed by atoms with Gasteiger partial charge in [-0.15, -0.1) is 0 Å². The van der Waals surface area contributed by atoms with Crippen molar-refractivity contribution in [2.75, 3.05) is 31.9 Å². The molecule has 116 valence electrons. The van der Waals surface area contributed by atoms with E-state index in [1.165, 1.54) is 12.2 Å². The number of guanidine groups is 1. The SMILES string of the molecule is CCNC(=NCC1(O)CCCC1)N1CCSC(CC)C1. The third-order valence-electron chi connectivity index (χ3n) is 4.29. The molecular weight excluding hydrogens is 270 g/mol. The van der Waals surface area contributed by atoms with Crippen LogP contribution in [0.25, 0.3) is 0 Å². The van der Waals surface area contributed by atoms with Gasteiger partial charge < -0.3 is 15.3 Å². The van der Waals surface area contributed by atoms with Crippen LogP contribution in [-0.2, 0) is 0 Å². The molecule has 0 aromatic heterocycles. The number of hydrogen-bond acceptors (Lipinski definition) is 3. The first-order valence-electron chi connectivity index (χ1n) is 8.04. The van der Waals surface area contributed by atoms with Crippen molar-refractivity contribution in [3.63, 3.8) is 0 Å². The zero-order chi connectivity index (χ0) is 14.4. The molecule has 0 aromatic rings. The van der Waals surface area contributed by atoms with Crippen LogP contribution in [0.3, 0.4) is 0 Å². The lowest BCUT2D eigenvalue weighted by atomic mass is 10.0. The molecular formula is C15H29N3OS. The highest BCUT2D eigenvalue weighted by Gasteiger charge is 2.31. The summed E-state index contributed by atoms with van der Waals surface area (Å²) in [6, 6.07) is 0. The Kier molecular flexibility index (Phi) is 6.02. The highest BCUT2D eigenvalue weighted by atomic mass is 32.2.